The van der Waals surface area contributed by atoms with Crippen molar-refractivity contribution in [3.63, 3.8) is 0 Å². The van der Waals surface area contributed by atoms with Crippen LogP contribution in [0.4, 0.5) is 0 Å². The van der Waals surface area contributed by atoms with Crippen LogP contribution >= 0.6 is 0 Å². The Balaban J connectivity index is 0.00000109. The topological polar surface area (TPSA) is 17.8 Å². The molecule has 0 aliphatic carbocycles. The van der Waals surface area contributed by atoms with Gasteiger partial charge in [-0.05, 0) is 30.2 Å². The Morgan fingerprint density at radius 2 is 0.906 bits per heavy atom. The van der Waals surface area contributed by atoms with E-state index in [1.54, 1.807) is 0 Å². The van der Waals surface area contributed by atoms with Gasteiger partial charge in [-0.2, -0.15) is 0 Å². The lowest BCUT2D eigenvalue weighted by atomic mass is 10.1. The molecule has 0 aliphatic rings. The van der Waals surface area contributed by atoms with Gasteiger partial charge in [-0.25, -0.2) is 4.98 Å². The predicted molar refractivity (Wildman–Crippen MR) is 145 cm³/mol. The molecule has 1 heterocycles. The average molecular weight is 431 g/mol. The van der Waals surface area contributed by atoms with Crippen LogP contribution < -0.4 is 0 Å². The maximum atomic E-state index is 4.70. The summed E-state index contributed by atoms with van der Waals surface area (Å²) >= 11 is 0. The molecule has 0 fully saturated rings. The van der Waals surface area contributed by atoms with Crippen LogP contribution in [0.25, 0.3) is 28.2 Å². The van der Waals surface area contributed by atoms with E-state index in [2.05, 4.69) is 71.4 Å². The quantitative estimate of drug-likeness (QED) is 0.316. The fourth-order valence-electron chi connectivity index (χ4n) is 2.93. The van der Waals surface area contributed by atoms with Gasteiger partial charge in [0.05, 0.1) is 5.69 Å². The summed E-state index contributed by atoms with van der Waals surface area (Å²) in [6.45, 7) is 18.0. The molecular weight excluding hydrogens is 388 g/mol. The first-order chi connectivity index (χ1) is 15.8. The van der Waals surface area contributed by atoms with E-state index in [9.17, 15) is 0 Å². The highest BCUT2D eigenvalue weighted by molar-refractivity contribution is 5.66. The van der Waals surface area contributed by atoms with Crippen molar-refractivity contribution in [2.45, 2.75) is 62.3 Å². The molecule has 0 spiro atoms. The molecule has 172 valence electrons. The van der Waals surface area contributed by atoms with Crippen molar-refractivity contribution >= 4 is 0 Å². The van der Waals surface area contributed by atoms with Crippen molar-refractivity contribution in [2.24, 2.45) is 0 Å². The maximum Gasteiger partial charge on any atom is 0.144 e. The summed E-state index contributed by atoms with van der Waals surface area (Å²) in [5.41, 5.74) is 5.71. The minimum atomic E-state index is 0.973. The van der Waals surface area contributed by atoms with E-state index in [0.717, 1.165) is 22.8 Å². The van der Waals surface area contributed by atoms with Crippen molar-refractivity contribution in [1.29, 1.82) is 0 Å². The Kier molecular flexibility index (Phi) is 15.8. The van der Waals surface area contributed by atoms with Gasteiger partial charge in [0.15, 0.2) is 0 Å². The second kappa shape index (κ2) is 17.5. The summed E-state index contributed by atoms with van der Waals surface area (Å²) in [6, 6.07) is 29.4. The Morgan fingerprint density at radius 3 is 1.38 bits per heavy atom. The molecule has 2 nitrogen and oxygen atoms in total. The third kappa shape index (κ3) is 8.19. The van der Waals surface area contributed by atoms with Crippen molar-refractivity contribution < 1.29 is 0 Å². The number of nitrogens with zero attached hydrogens (tertiary/aromatic N) is 2. The number of aryl methyl sites for hydroxylation is 1. The summed E-state index contributed by atoms with van der Waals surface area (Å²) < 4.78 is 2.15. The lowest BCUT2D eigenvalue weighted by Crippen LogP contribution is -1.96. The largest absolute Gasteiger partial charge is 0.300 e. The summed E-state index contributed by atoms with van der Waals surface area (Å²) in [6.07, 6.45) is 2.08. The summed E-state index contributed by atoms with van der Waals surface area (Å²) in [5.74, 6) is 0.973. The Bertz CT molecular complexity index is 937. The first-order valence-corrected chi connectivity index (χ1v) is 12.1. The second-order valence-electron chi connectivity index (χ2n) is 5.85. The van der Waals surface area contributed by atoms with Crippen LogP contribution in [0.3, 0.4) is 0 Å². The standard InChI is InChI=1S/C22H18N2.4C2H6/c1-17-16-24(22(23-17)20-10-6-3-7-11-20)21-14-12-19(13-15-21)18-8-4-2-5-9-18;4*1-2/h2-16H,1H3;4*1-2H3. The van der Waals surface area contributed by atoms with Crippen LogP contribution in [-0.2, 0) is 0 Å². The van der Waals surface area contributed by atoms with Crippen molar-refractivity contribution in [3.05, 3.63) is 96.8 Å². The van der Waals surface area contributed by atoms with E-state index < -0.39 is 0 Å². The first kappa shape index (κ1) is 28.9. The number of hydrogen-bond donors (Lipinski definition) is 0. The zero-order valence-electron chi connectivity index (χ0n) is 21.6. The molecule has 0 N–H and O–H groups in total. The lowest BCUT2D eigenvalue weighted by molar-refractivity contribution is 1.07. The number of aromatic nitrogens is 2. The second-order valence-corrected chi connectivity index (χ2v) is 5.85. The summed E-state index contributed by atoms with van der Waals surface area (Å²) in [7, 11) is 0. The van der Waals surface area contributed by atoms with Crippen molar-refractivity contribution in [3.8, 4) is 28.2 Å². The normalized spacial score (nSPS) is 8.78. The van der Waals surface area contributed by atoms with E-state index >= 15 is 0 Å². The number of imidazole rings is 1. The summed E-state index contributed by atoms with van der Waals surface area (Å²) in [5, 5.41) is 0. The van der Waals surface area contributed by atoms with E-state index in [0.29, 0.717) is 0 Å². The Morgan fingerprint density at radius 1 is 0.500 bits per heavy atom. The third-order valence-corrected chi connectivity index (χ3v) is 4.11. The fraction of sp³-hybridized carbons (Fsp3) is 0.300. The van der Waals surface area contributed by atoms with Crippen LogP contribution in [0, 0.1) is 6.92 Å². The smallest absolute Gasteiger partial charge is 0.144 e. The molecule has 0 unspecified atom stereocenters. The number of rotatable bonds is 3. The van der Waals surface area contributed by atoms with Crippen LogP contribution in [0.2, 0.25) is 0 Å². The van der Waals surface area contributed by atoms with Crippen molar-refractivity contribution in [1.82, 2.24) is 9.55 Å². The minimum Gasteiger partial charge on any atom is -0.300 e. The highest BCUT2D eigenvalue weighted by atomic mass is 15.1. The number of benzene rings is 3. The average Bonchev–Trinajstić information content (AvgIpc) is 3.31. The van der Waals surface area contributed by atoms with Crippen LogP contribution in [0.1, 0.15) is 61.1 Å². The van der Waals surface area contributed by atoms with Gasteiger partial charge < -0.3 is 0 Å². The number of hydrogen-bond acceptors (Lipinski definition) is 1. The monoisotopic (exact) mass is 430 g/mol. The summed E-state index contributed by atoms with van der Waals surface area (Å²) in [4.78, 5) is 4.70. The van der Waals surface area contributed by atoms with Gasteiger partial charge >= 0.3 is 0 Å². The molecule has 32 heavy (non-hydrogen) atoms. The molecule has 0 saturated carbocycles. The van der Waals surface area contributed by atoms with Crippen molar-refractivity contribution in [2.75, 3.05) is 0 Å². The van der Waals surface area contributed by atoms with Crippen LogP contribution in [0.5, 0.6) is 0 Å². The van der Waals surface area contributed by atoms with Crippen LogP contribution in [0.15, 0.2) is 91.1 Å². The van der Waals surface area contributed by atoms with E-state index in [1.807, 2.05) is 86.6 Å². The van der Waals surface area contributed by atoms with Crippen LogP contribution in [-0.4, -0.2) is 9.55 Å². The van der Waals surface area contributed by atoms with E-state index in [1.165, 1.54) is 11.1 Å². The molecule has 4 aromatic rings. The molecule has 4 rings (SSSR count). The highest BCUT2D eigenvalue weighted by Crippen LogP contribution is 2.25. The van der Waals surface area contributed by atoms with Gasteiger partial charge in [0, 0.05) is 17.4 Å². The fourth-order valence-corrected chi connectivity index (χ4v) is 2.93. The van der Waals surface area contributed by atoms with E-state index in [-0.39, 0.29) is 0 Å². The molecule has 3 aromatic carbocycles. The molecule has 0 amide bonds. The molecule has 0 bridgehead atoms. The SMILES string of the molecule is CC.CC.CC.CC.Cc1cn(-c2ccc(-c3ccccc3)cc2)c(-c2ccccc2)n1. The van der Waals surface area contributed by atoms with Gasteiger partial charge in [0.2, 0.25) is 0 Å². The minimum absolute atomic E-state index is 0.973. The third-order valence-electron chi connectivity index (χ3n) is 4.11. The molecule has 0 atom stereocenters. The Hall–Kier alpha value is -3.13. The molecule has 0 radical (unpaired) electrons. The zero-order valence-corrected chi connectivity index (χ0v) is 21.6. The van der Waals surface area contributed by atoms with E-state index in [4.69, 9.17) is 4.98 Å². The highest BCUT2D eigenvalue weighted by Gasteiger charge is 2.09. The first-order valence-electron chi connectivity index (χ1n) is 12.1. The molecular formula is C30H42N2. The van der Waals surface area contributed by atoms with Gasteiger partial charge in [-0.3, -0.25) is 4.57 Å². The molecule has 0 saturated heterocycles. The van der Waals surface area contributed by atoms with Gasteiger partial charge in [-0.15, -0.1) is 0 Å². The maximum absolute atomic E-state index is 4.70. The molecule has 2 heteroatoms. The van der Waals surface area contributed by atoms with Gasteiger partial charge in [-0.1, -0.05) is 128 Å². The molecule has 0 aliphatic heterocycles. The lowest BCUT2D eigenvalue weighted by Gasteiger charge is -2.09. The molecule has 1 aromatic heterocycles. The predicted octanol–water partition coefficient (Wildman–Crippen LogP) is 9.62. The van der Waals surface area contributed by atoms with Gasteiger partial charge in [0.1, 0.15) is 5.82 Å². The zero-order chi connectivity index (χ0) is 24.4. The van der Waals surface area contributed by atoms with Gasteiger partial charge in [0.25, 0.3) is 0 Å². The Labute approximate surface area is 197 Å².